The highest BCUT2D eigenvalue weighted by atomic mass is 35.5. The van der Waals surface area contributed by atoms with Gasteiger partial charge in [-0.15, -0.1) is 10.2 Å². The summed E-state index contributed by atoms with van der Waals surface area (Å²) in [5, 5.41) is 11.8. The van der Waals surface area contributed by atoms with Gasteiger partial charge in [0.1, 0.15) is 0 Å². The first-order valence-corrected chi connectivity index (χ1v) is 6.10. The highest BCUT2D eigenvalue weighted by Crippen LogP contribution is 2.22. The van der Waals surface area contributed by atoms with Crippen LogP contribution in [0.15, 0.2) is 0 Å². The average molecular weight is 258 g/mol. The lowest BCUT2D eigenvalue weighted by atomic mass is 10.0. The van der Waals surface area contributed by atoms with Gasteiger partial charge in [0.15, 0.2) is 11.0 Å². The molecule has 17 heavy (non-hydrogen) atoms. The zero-order valence-electron chi connectivity index (χ0n) is 11.0. The summed E-state index contributed by atoms with van der Waals surface area (Å²) < 4.78 is 5.19. The molecule has 4 nitrogen and oxygen atoms in total. The maximum absolute atomic E-state index is 5.92. The van der Waals surface area contributed by atoms with E-state index >= 15 is 0 Å². The molecule has 1 unspecified atom stereocenters. The predicted molar refractivity (Wildman–Crippen MR) is 70.6 cm³/mol. The molecule has 1 rings (SSSR count). The highest BCUT2D eigenvalue weighted by Gasteiger charge is 2.16. The van der Waals surface area contributed by atoms with Gasteiger partial charge >= 0.3 is 0 Å². The molecule has 1 atom stereocenters. The summed E-state index contributed by atoms with van der Waals surface area (Å²) in [6.07, 6.45) is 0. The molecular weight excluding hydrogens is 238 g/mol. The quantitative estimate of drug-likeness (QED) is 0.881. The number of methoxy groups -OCH3 is 1. The van der Waals surface area contributed by atoms with Crippen LogP contribution in [-0.2, 0) is 4.74 Å². The van der Waals surface area contributed by atoms with Crippen LogP contribution >= 0.6 is 11.6 Å². The molecule has 0 radical (unpaired) electrons. The van der Waals surface area contributed by atoms with Gasteiger partial charge in [0.05, 0.1) is 12.6 Å². The molecule has 1 N–H and O–H groups in total. The Kier molecular flexibility index (Phi) is 5.15. The van der Waals surface area contributed by atoms with Gasteiger partial charge in [-0.25, -0.2) is 0 Å². The summed E-state index contributed by atoms with van der Waals surface area (Å²) in [4.78, 5) is 0. The third-order valence-electron chi connectivity index (χ3n) is 2.94. The normalized spacial score (nSPS) is 12.9. The lowest BCUT2D eigenvalue weighted by Gasteiger charge is -2.23. The van der Waals surface area contributed by atoms with E-state index in [4.69, 9.17) is 16.3 Å². The van der Waals surface area contributed by atoms with Crippen molar-refractivity contribution in [2.24, 2.45) is 5.92 Å². The molecule has 96 valence electrons. The molecule has 0 amide bonds. The van der Waals surface area contributed by atoms with Crippen molar-refractivity contribution in [1.29, 1.82) is 0 Å². The zero-order chi connectivity index (χ0) is 13.0. The fourth-order valence-electron chi connectivity index (χ4n) is 1.47. The van der Waals surface area contributed by atoms with Crippen molar-refractivity contribution in [2.45, 2.75) is 33.7 Å². The molecule has 1 aromatic rings. The van der Waals surface area contributed by atoms with E-state index in [1.54, 1.807) is 7.11 Å². The molecule has 0 fully saturated rings. The van der Waals surface area contributed by atoms with Gasteiger partial charge in [0.2, 0.25) is 0 Å². The molecular formula is C12H20ClN3O. The Hall–Kier alpha value is -0.870. The van der Waals surface area contributed by atoms with Gasteiger partial charge in [-0.1, -0.05) is 25.4 Å². The van der Waals surface area contributed by atoms with Crippen molar-refractivity contribution >= 4 is 17.4 Å². The number of ether oxygens (including phenoxy) is 1. The van der Waals surface area contributed by atoms with E-state index in [0.717, 1.165) is 16.9 Å². The number of nitrogens with zero attached hydrogens (tertiary/aromatic N) is 2. The van der Waals surface area contributed by atoms with Crippen molar-refractivity contribution in [3.63, 3.8) is 0 Å². The fourth-order valence-corrected chi connectivity index (χ4v) is 1.65. The Balaban J connectivity index is 2.90. The molecule has 0 aliphatic heterocycles. The Morgan fingerprint density at radius 3 is 2.41 bits per heavy atom. The lowest BCUT2D eigenvalue weighted by Crippen LogP contribution is -2.31. The topological polar surface area (TPSA) is 47.0 Å². The Morgan fingerprint density at radius 2 is 1.88 bits per heavy atom. The van der Waals surface area contributed by atoms with Crippen LogP contribution in [0.25, 0.3) is 0 Å². The monoisotopic (exact) mass is 257 g/mol. The number of halogens is 1. The van der Waals surface area contributed by atoms with Gasteiger partial charge < -0.3 is 10.1 Å². The zero-order valence-corrected chi connectivity index (χ0v) is 11.8. The van der Waals surface area contributed by atoms with Crippen molar-refractivity contribution < 1.29 is 4.74 Å². The van der Waals surface area contributed by atoms with Crippen molar-refractivity contribution in [3.05, 3.63) is 16.3 Å². The van der Waals surface area contributed by atoms with Gasteiger partial charge in [-0.2, -0.15) is 0 Å². The summed E-state index contributed by atoms with van der Waals surface area (Å²) in [5.41, 5.74) is 2.00. The second-order valence-corrected chi connectivity index (χ2v) is 4.90. The first kappa shape index (κ1) is 14.2. The third-order valence-corrected chi connectivity index (χ3v) is 3.30. The van der Waals surface area contributed by atoms with Crippen molar-refractivity contribution in [3.8, 4) is 0 Å². The molecule has 0 aliphatic rings. The van der Waals surface area contributed by atoms with Gasteiger partial charge in [0, 0.05) is 7.11 Å². The molecule has 5 heteroatoms. The summed E-state index contributed by atoms with van der Waals surface area (Å²) in [5.74, 6) is 1.23. The van der Waals surface area contributed by atoms with Gasteiger partial charge in [-0.3, -0.25) is 0 Å². The smallest absolute Gasteiger partial charge is 0.155 e. The van der Waals surface area contributed by atoms with E-state index in [-0.39, 0.29) is 6.04 Å². The highest BCUT2D eigenvalue weighted by molar-refractivity contribution is 6.30. The van der Waals surface area contributed by atoms with Crippen LogP contribution in [0.4, 0.5) is 5.82 Å². The van der Waals surface area contributed by atoms with Crippen LogP contribution in [0.1, 0.15) is 25.0 Å². The number of rotatable bonds is 5. The lowest BCUT2D eigenvalue weighted by molar-refractivity contribution is 0.171. The van der Waals surface area contributed by atoms with Gasteiger partial charge in [0.25, 0.3) is 0 Å². The minimum absolute atomic E-state index is 0.216. The van der Waals surface area contributed by atoms with Crippen LogP contribution in [0.5, 0.6) is 0 Å². The van der Waals surface area contributed by atoms with E-state index in [2.05, 4.69) is 29.4 Å². The largest absolute Gasteiger partial charge is 0.383 e. The summed E-state index contributed by atoms with van der Waals surface area (Å²) >= 11 is 5.92. The maximum atomic E-state index is 5.92. The minimum atomic E-state index is 0.216. The van der Waals surface area contributed by atoms with E-state index < -0.39 is 0 Å². The van der Waals surface area contributed by atoms with E-state index in [0.29, 0.717) is 17.7 Å². The minimum Gasteiger partial charge on any atom is -0.383 e. The summed E-state index contributed by atoms with van der Waals surface area (Å²) in [6, 6.07) is 0.216. The molecule has 0 bridgehead atoms. The number of hydrogen-bond acceptors (Lipinski definition) is 4. The number of nitrogens with one attached hydrogen (secondary N) is 1. The van der Waals surface area contributed by atoms with Crippen LogP contribution < -0.4 is 5.32 Å². The summed E-state index contributed by atoms with van der Waals surface area (Å²) in [6.45, 7) is 8.85. The van der Waals surface area contributed by atoms with Crippen LogP contribution in [0, 0.1) is 19.8 Å². The van der Waals surface area contributed by atoms with Crippen molar-refractivity contribution in [2.75, 3.05) is 19.0 Å². The average Bonchev–Trinajstić information content (AvgIpc) is 2.28. The van der Waals surface area contributed by atoms with Crippen LogP contribution in [0.3, 0.4) is 0 Å². The molecule has 1 aromatic heterocycles. The predicted octanol–water partition coefficient (Wildman–Crippen LogP) is 2.83. The molecule has 0 spiro atoms. The van der Waals surface area contributed by atoms with E-state index in [9.17, 15) is 0 Å². The Bertz CT molecular complexity index is 382. The van der Waals surface area contributed by atoms with Gasteiger partial charge in [-0.05, 0) is 30.9 Å². The van der Waals surface area contributed by atoms with Crippen LogP contribution in [0.2, 0.25) is 5.15 Å². The molecule has 1 heterocycles. The maximum Gasteiger partial charge on any atom is 0.155 e. The first-order valence-electron chi connectivity index (χ1n) is 5.72. The molecule has 0 saturated heterocycles. The molecule has 0 aliphatic carbocycles. The van der Waals surface area contributed by atoms with E-state index in [1.807, 2.05) is 13.8 Å². The fraction of sp³-hybridized carbons (Fsp3) is 0.667. The standard InChI is InChI=1S/C12H20ClN3O/c1-7(2)10(6-17-5)14-12-9(4)8(3)11(13)15-16-12/h7,10H,6H2,1-5H3,(H,14,16). The number of hydrogen-bond donors (Lipinski definition) is 1. The molecule has 0 saturated carbocycles. The number of anilines is 1. The molecule has 0 aromatic carbocycles. The Morgan fingerprint density at radius 1 is 1.24 bits per heavy atom. The SMILES string of the molecule is COCC(Nc1nnc(Cl)c(C)c1C)C(C)C. The second kappa shape index (κ2) is 6.17. The Labute approximate surface area is 108 Å². The third kappa shape index (κ3) is 3.54. The van der Waals surface area contributed by atoms with Crippen LogP contribution in [-0.4, -0.2) is 30.0 Å². The first-order chi connectivity index (χ1) is 7.97. The van der Waals surface area contributed by atoms with E-state index in [1.165, 1.54) is 0 Å². The number of aromatic nitrogens is 2. The van der Waals surface area contributed by atoms with Crippen molar-refractivity contribution in [1.82, 2.24) is 10.2 Å². The summed E-state index contributed by atoms with van der Waals surface area (Å²) in [7, 11) is 1.70. The second-order valence-electron chi connectivity index (χ2n) is 4.54.